The van der Waals surface area contributed by atoms with E-state index in [1.54, 1.807) is 11.8 Å². The number of nitrogens with one attached hydrogen (secondary N) is 1. The largest absolute Gasteiger partial charge is 0.481 e. The monoisotopic (exact) mass is 276 g/mol. The van der Waals surface area contributed by atoms with Gasteiger partial charge in [-0.2, -0.15) is 0 Å². The highest BCUT2D eigenvalue weighted by Crippen LogP contribution is 2.37. The number of thioether (sulfide) groups is 1. The second-order valence-corrected chi connectivity index (χ2v) is 6.17. The summed E-state index contributed by atoms with van der Waals surface area (Å²) < 4.78 is 0. The third-order valence-electron chi connectivity index (χ3n) is 3.65. The maximum absolute atomic E-state index is 11.3. The highest BCUT2D eigenvalue weighted by Gasteiger charge is 2.32. The number of rotatable bonds is 3. The van der Waals surface area contributed by atoms with Crippen molar-refractivity contribution in [1.82, 2.24) is 9.97 Å². The SMILES string of the molecule is O=C(O)C1CCCCC1Sc1nc2ccccc2[nH]1. The predicted octanol–water partition coefficient (Wildman–Crippen LogP) is 3.30. The highest BCUT2D eigenvalue weighted by atomic mass is 32.2. The molecule has 4 nitrogen and oxygen atoms in total. The van der Waals surface area contributed by atoms with Crippen molar-refractivity contribution in [2.75, 3.05) is 0 Å². The number of imidazole rings is 1. The Morgan fingerprint density at radius 1 is 1.32 bits per heavy atom. The number of aromatic amines is 1. The molecule has 5 heteroatoms. The van der Waals surface area contributed by atoms with Gasteiger partial charge in [0.15, 0.2) is 5.16 Å². The van der Waals surface area contributed by atoms with E-state index in [-0.39, 0.29) is 11.2 Å². The highest BCUT2D eigenvalue weighted by molar-refractivity contribution is 7.99. The molecule has 1 aromatic heterocycles. The number of nitrogens with zero attached hydrogens (tertiary/aromatic N) is 1. The Balaban J connectivity index is 1.80. The lowest BCUT2D eigenvalue weighted by Gasteiger charge is -2.26. The molecule has 2 N–H and O–H groups in total. The lowest BCUT2D eigenvalue weighted by molar-refractivity contribution is -0.142. The Hall–Kier alpha value is -1.49. The van der Waals surface area contributed by atoms with Crippen molar-refractivity contribution in [3.63, 3.8) is 0 Å². The minimum absolute atomic E-state index is 0.131. The van der Waals surface area contributed by atoms with Crippen LogP contribution in [0.3, 0.4) is 0 Å². The third-order valence-corrected chi connectivity index (χ3v) is 4.93. The third kappa shape index (κ3) is 2.61. The molecule has 1 heterocycles. The summed E-state index contributed by atoms with van der Waals surface area (Å²) in [5.74, 6) is -0.916. The standard InChI is InChI=1S/C14H16N2O2S/c17-13(18)9-5-1-4-8-12(9)19-14-15-10-6-2-3-7-11(10)16-14/h2-3,6-7,9,12H,1,4-5,8H2,(H,15,16)(H,17,18). The summed E-state index contributed by atoms with van der Waals surface area (Å²) in [7, 11) is 0. The van der Waals surface area contributed by atoms with Crippen LogP contribution in [0.2, 0.25) is 0 Å². The molecule has 100 valence electrons. The van der Waals surface area contributed by atoms with Crippen LogP contribution in [0, 0.1) is 5.92 Å². The first-order valence-electron chi connectivity index (χ1n) is 6.58. The first-order valence-corrected chi connectivity index (χ1v) is 7.46. The van der Waals surface area contributed by atoms with Crippen molar-refractivity contribution >= 4 is 28.8 Å². The van der Waals surface area contributed by atoms with Crippen LogP contribution in [-0.2, 0) is 4.79 Å². The summed E-state index contributed by atoms with van der Waals surface area (Å²) >= 11 is 1.58. The van der Waals surface area contributed by atoms with Crippen molar-refractivity contribution in [1.29, 1.82) is 0 Å². The second-order valence-electron chi connectivity index (χ2n) is 4.94. The van der Waals surface area contributed by atoms with Crippen LogP contribution in [0.4, 0.5) is 0 Å². The number of carbonyl (C=O) groups is 1. The van der Waals surface area contributed by atoms with Gasteiger partial charge in [0.25, 0.3) is 0 Å². The Morgan fingerprint density at radius 3 is 2.89 bits per heavy atom. The average Bonchev–Trinajstić information content (AvgIpc) is 2.81. The molecule has 0 spiro atoms. The molecule has 1 aromatic carbocycles. The van der Waals surface area contributed by atoms with Gasteiger partial charge in [0.2, 0.25) is 0 Å². The van der Waals surface area contributed by atoms with Crippen molar-refractivity contribution in [3.05, 3.63) is 24.3 Å². The Morgan fingerprint density at radius 2 is 2.11 bits per heavy atom. The number of aliphatic carboxylic acids is 1. The second kappa shape index (κ2) is 5.25. The van der Waals surface area contributed by atoms with Crippen LogP contribution in [0.1, 0.15) is 25.7 Å². The van der Waals surface area contributed by atoms with E-state index in [0.717, 1.165) is 41.9 Å². The fourth-order valence-electron chi connectivity index (χ4n) is 2.65. The van der Waals surface area contributed by atoms with E-state index in [9.17, 15) is 9.90 Å². The van der Waals surface area contributed by atoms with Crippen molar-refractivity contribution in [3.8, 4) is 0 Å². The number of carboxylic acid groups (broad SMARTS) is 1. The normalized spacial score (nSPS) is 23.6. The van der Waals surface area contributed by atoms with Gasteiger partial charge in [-0.05, 0) is 25.0 Å². The number of hydrogen-bond acceptors (Lipinski definition) is 3. The number of benzene rings is 1. The Labute approximate surface area is 115 Å². The summed E-state index contributed by atoms with van der Waals surface area (Å²) in [4.78, 5) is 19.1. The van der Waals surface area contributed by atoms with Gasteiger partial charge in [-0.1, -0.05) is 36.7 Å². The van der Waals surface area contributed by atoms with Gasteiger partial charge in [0, 0.05) is 5.25 Å². The Bertz CT molecular complexity index is 563. The van der Waals surface area contributed by atoms with Gasteiger partial charge in [-0.3, -0.25) is 4.79 Å². The maximum atomic E-state index is 11.3. The smallest absolute Gasteiger partial charge is 0.307 e. The van der Waals surface area contributed by atoms with Gasteiger partial charge in [0.05, 0.1) is 17.0 Å². The zero-order valence-corrected chi connectivity index (χ0v) is 11.3. The average molecular weight is 276 g/mol. The first kappa shape index (κ1) is 12.5. The topological polar surface area (TPSA) is 66.0 Å². The predicted molar refractivity (Wildman–Crippen MR) is 75.3 cm³/mol. The first-order chi connectivity index (χ1) is 9.24. The molecule has 1 aliphatic carbocycles. The van der Waals surface area contributed by atoms with Crippen LogP contribution in [0.15, 0.2) is 29.4 Å². The van der Waals surface area contributed by atoms with E-state index in [1.165, 1.54) is 0 Å². The quantitative estimate of drug-likeness (QED) is 0.902. The molecule has 0 aliphatic heterocycles. The van der Waals surface area contributed by atoms with Gasteiger partial charge in [-0.15, -0.1) is 0 Å². The van der Waals surface area contributed by atoms with Crippen molar-refractivity contribution < 1.29 is 9.90 Å². The molecule has 1 saturated carbocycles. The lowest BCUT2D eigenvalue weighted by Crippen LogP contribution is -2.29. The number of hydrogen-bond donors (Lipinski definition) is 2. The molecule has 19 heavy (non-hydrogen) atoms. The Kier molecular flexibility index (Phi) is 3.46. The number of fused-ring (bicyclic) bond motifs is 1. The molecule has 1 fully saturated rings. The van der Waals surface area contributed by atoms with Gasteiger partial charge < -0.3 is 10.1 Å². The van der Waals surface area contributed by atoms with Crippen molar-refractivity contribution in [2.24, 2.45) is 5.92 Å². The molecular weight excluding hydrogens is 260 g/mol. The molecule has 0 amide bonds. The van der Waals surface area contributed by atoms with Crippen LogP contribution >= 0.6 is 11.8 Å². The minimum Gasteiger partial charge on any atom is -0.481 e. The molecule has 0 radical (unpaired) electrons. The molecule has 1 aliphatic rings. The van der Waals surface area contributed by atoms with Gasteiger partial charge in [-0.25, -0.2) is 4.98 Å². The molecule has 2 unspecified atom stereocenters. The van der Waals surface area contributed by atoms with E-state index in [0.29, 0.717) is 0 Å². The molecule has 0 saturated heterocycles. The lowest BCUT2D eigenvalue weighted by atomic mass is 9.89. The van der Waals surface area contributed by atoms with Crippen LogP contribution in [0.25, 0.3) is 11.0 Å². The fourth-order valence-corrected chi connectivity index (χ4v) is 3.96. The number of para-hydroxylation sites is 2. The number of H-pyrrole nitrogens is 1. The molecule has 2 aromatic rings. The van der Waals surface area contributed by atoms with Gasteiger partial charge in [0.1, 0.15) is 0 Å². The number of carboxylic acids is 1. The minimum atomic E-state index is -0.673. The molecular formula is C14H16N2O2S. The van der Waals surface area contributed by atoms with E-state index >= 15 is 0 Å². The summed E-state index contributed by atoms with van der Waals surface area (Å²) in [6, 6.07) is 7.88. The maximum Gasteiger partial charge on any atom is 0.307 e. The van der Waals surface area contributed by atoms with Crippen LogP contribution in [0.5, 0.6) is 0 Å². The summed E-state index contributed by atoms with van der Waals surface area (Å²) in [5, 5.41) is 10.2. The van der Waals surface area contributed by atoms with Gasteiger partial charge >= 0.3 is 5.97 Å². The van der Waals surface area contributed by atoms with E-state index in [2.05, 4.69) is 9.97 Å². The summed E-state index contributed by atoms with van der Waals surface area (Å²) in [5.41, 5.74) is 1.94. The molecule has 3 rings (SSSR count). The zero-order valence-electron chi connectivity index (χ0n) is 10.5. The molecule has 2 atom stereocenters. The van der Waals surface area contributed by atoms with Crippen LogP contribution < -0.4 is 0 Å². The van der Waals surface area contributed by atoms with E-state index < -0.39 is 5.97 Å². The van der Waals surface area contributed by atoms with E-state index in [1.807, 2.05) is 24.3 Å². The summed E-state index contributed by atoms with van der Waals surface area (Å²) in [6.07, 6.45) is 3.88. The van der Waals surface area contributed by atoms with E-state index in [4.69, 9.17) is 0 Å². The van der Waals surface area contributed by atoms with Crippen LogP contribution in [-0.4, -0.2) is 26.3 Å². The zero-order chi connectivity index (χ0) is 13.2. The fraction of sp³-hybridized carbons (Fsp3) is 0.429. The van der Waals surface area contributed by atoms with Crippen molar-refractivity contribution in [2.45, 2.75) is 36.1 Å². The summed E-state index contributed by atoms with van der Waals surface area (Å²) in [6.45, 7) is 0. The molecule has 0 bridgehead atoms. The number of aromatic nitrogens is 2.